The number of ketones is 1. The molecular weight excluding hydrogens is 419 g/mol. The van der Waals surface area contributed by atoms with Crippen molar-refractivity contribution < 1.29 is 18.0 Å². The van der Waals surface area contributed by atoms with E-state index in [0.29, 0.717) is 22.6 Å². The number of halogens is 3. The number of nitrogen functional groups attached to an aromatic ring is 1. The molecule has 30 heavy (non-hydrogen) atoms. The van der Waals surface area contributed by atoms with Crippen molar-refractivity contribution in [3.63, 3.8) is 0 Å². The first-order chi connectivity index (χ1) is 14.0. The Morgan fingerprint density at radius 3 is 2.53 bits per heavy atom. The lowest BCUT2D eigenvalue weighted by Gasteiger charge is -2.13. The fourth-order valence-corrected chi connectivity index (χ4v) is 3.78. The van der Waals surface area contributed by atoms with Crippen LogP contribution in [0.25, 0.3) is 5.69 Å². The van der Waals surface area contributed by atoms with Gasteiger partial charge in [-0.3, -0.25) is 9.59 Å². The Kier molecular flexibility index (Phi) is 5.75. The molecule has 0 unspecified atom stereocenters. The number of rotatable bonds is 5. The van der Waals surface area contributed by atoms with Crippen LogP contribution in [-0.4, -0.2) is 31.0 Å². The molecule has 0 bridgehead atoms. The molecule has 2 heterocycles. The molecule has 0 aliphatic heterocycles. The van der Waals surface area contributed by atoms with Gasteiger partial charge in [-0.15, -0.1) is 10.2 Å². The zero-order chi connectivity index (χ0) is 22.2. The van der Waals surface area contributed by atoms with Gasteiger partial charge in [-0.2, -0.15) is 17.8 Å². The molecule has 0 aliphatic carbocycles. The Labute approximate surface area is 173 Å². The summed E-state index contributed by atoms with van der Waals surface area (Å²) >= 11 is 0.955. The molecule has 0 aliphatic rings. The van der Waals surface area contributed by atoms with E-state index in [1.165, 1.54) is 13.0 Å². The Bertz CT molecular complexity index is 1180. The molecule has 0 radical (unpaired) electrons. The van der Waals surface area contributed by atoms with E-state index in [9.17, 15) is 22.8 Å². The number of aryl methyl sites for hydroxylation is 2. The standard InChI is InChI=1S/C19H18F3N5O2S/c1-10-7-15(16(28)9-30-18-25-24-11(2)17(29)27(18)23)12(3)26(10)14-6-4-5-13(8-14)19(20,21)22/h4-8H,9,23H2,1-3H3. The van der Waals surface area contributed by atoms with E-state index >= 15 is 0 Å². The summed E-state index contributed by atoms with van der Waals surface area (Å²) in [6.07, 6.45) is -4.46. The smallest absolute Gasteiger partial charge is 0.334 e. The number of carbonyl (C=O) groups is 1. The van der Waals surface area contributed by atoms with Crippen LogP contribution >= 0.6 is 11.8 Å². The molecule has 0 spiro atoms. The van der Waals surface area contributed by atoms with Crippen molar-refractivity contribution in [3.05, 3.63) is 68.9 Å². The second kappa shape index (κ2) is 7.98. The van der Waals surface area contributed by atoms with Crippen molar-refractivity contribution in [2.45, 2.75) is 32.1 Å². The van der Waals surface area contributed by atoms with Crippen molar-refractivity contribution in [3.8, 4) is 5.69 Å². The Morgan fingerprint density at radius 2 is 1.87 bits per heavy atom. The fourth-order valence-electron chi connectivity index (χ4n) is 3.04. The van der Waals surface area contributed by atoms with Gasteiger partial charge in [-0.05, 0) is 45.0 Å². The van der Waals surface area contributed by atoms with Gasteiger partial charge >= 0.3 is 6.18 Å². The summed E-state index contributed by atoms with van der Waals surface area (Å²) in [6, 6.07) is 6.53. The predicted octanol–water partition coefficient (Wildman–Crippen LogP) is 3.06. The molecule has 3 aromatic rings. The van der Waals surface area contributed by atoms with E-state index in [1.807, 2.05) is 0 Å². The number of benzene rings is 1. The third kappa shape index (κ3) is 4.11. The lowest BCUT2D eigenvalue weighted by molar-refractivity contribution is -0.137. The first kappa shape index (κ1) is 21.6. The first-order valence-electron chi connectivity index (χ1n) is 8.74. The SMILES string of the molecule is Cc1nnc(SCC(=O)c2cc(C)n(-c3cccc(C(F)(F)F)c3)c2C)n(N)c1=O. The lowest BCUT2D eigenvalue weighted by Crippen LogP contribution is -2.32. The van der Waals surface area contributed by atoms with E-state index in [2.05, 4.69) is 10.2 Å². The number of Topliss-reactive ketones (excluding diaryl/α,β-unsaturated/α-hetero) is 1. The number of nitrogens with two attached hydrogens (primary N) is 1. The van der Waals surface area contributed by atoms with Crippen LogP contribution in [-0.2, 0) is 6.18 Å². The molecule has 1 aromatic carbocycles. The van der Waals surface area contributed by atoms with Crippen LogP contribution in [0.1, 0.15) is 33.0 Å². The molecule has 0 fully saturated rings. The van der Waals surface area contributed by atoms with Gasteiger partial charge in [0.05, 0.1) is 11.3 Å². The highest BCUT2D eigenvalue weighted by Crippen LogP contribution is 2.31. The summed E-state index contributed by atoms with van der Waals surface area (Å²) in [5.74, 6) is 5.32. The summed E-state index contributed by atoms with van der Waals surface area (Å²) in [6.45, 7) is 4.84. The normalized spacial score (nSPS) is 11.7. The highest BCUT2D eigenvalue weighted by molar-refractivity contribution is 7.99. The van der Waals surface area contributed by atoms with E-state index in [4.69, 9.17) is 5.84 Å². The van der Waals surface area contributed by atoms with Crippen LogP contribution in [0.15, 0.2) is 40.3 Å². The van der Waals surface area contributed by atoms with Gasteiger partial charge in [0.1, 0.15) is 5.69 Å². The highest BCUT2D eigenvalue weighted by Gasteiger charge is 2.31. The number of hydrogen-bond acceptors (Lipinski definition) is 6. The van der Waals surface area contributed by atoms with Gasteiger partial charge in [0.25, 0.3) is 5.56 Å². The minimum absolute atomic E-state index is 0.0682. The molecule has 0 saturated carbocycles. The van der Waals surface area contributed by atoms with Crippen LogP contribution in [0.5, 0.6) is 0 Å². The van der Waals surface area contributed by atoms with Gasteiger partial charge in [0, 0.05) is 22.6 Å². The quantitative estimate of drug-likeness (QED) is 0.375. The third-order valence-electron chi connectivity index (χ3n) is 4.52. The van der Waals surface area contributed by atoms with Crippen LogP contribution in [0, 0.1) is 20.8 Å². The van der Waals surface area contributed by atoms with Gasteiger partial charge in [-0.25, -0.2) is 0 Å². The molecule has 3 rings (SSSR count). The second-order valence-corrected chi connectivity index (χ2v) is 7.57. The molecule has 11 heteroatoms. The van der Waals surface area contributed by atoms with Crippen LogP contribution < -0.4 is 11.4 Å². The number of carbonyl (C=O) groups excluding carboxylic acids is 1. The molecule has 2 aromatic heterocycles. The van der Waals surface area contributed by atoms with E-state index in [-0.39, 0.29) is 22.4 Å². The number of hydrogen-bond donors (Lipinski definition) is 1. The highest BCUT2D eigenvalue weighted by atomic mass is 32.2. The zero-order valence-electron chi connectivity index (χ0n) is 16.3. The largest absolute Gasteiger partial charge is 0.416 e. The molecule has 0 atom stereocenters. The summed E-state index contributed by atoms with van der Waals surface area (Å²) in [7, 11) is 0. The minimum atomic E-state index is -4.46. The molecule has 7 nitrogen and oxygen atoms in total. The van der Waals surface area contributed by atoms with E-state index < -0.39 is 17.3 Å². The van der Waals surface area contributed by atoms with Crippen molar-refractivity contribution in [2.24, 2.45) is 0 Å². The second-order valence-electron chi connectivity index (χ2n) is 6.62. The van der Waals surface area contributed by atoms with Crippen LogP contribution in [0.4, 0.5) is 13.2 Å². The zero-order valence-corrected chi connectivity index (χ0v) is 17.1. The topological polar surface area (TPSA) is 95.8 Å². The lowest BCUT2D eigenvalue weighted by atomic mass is 10.1. The summed E-state index contributed by atoms with van der Waals surface area (Å²) in [4.78, 5) is 24.5. The maximum atomic E-state index is 13.1. The number of thioether (sulfide) groups is 1. The molecule has 0 amide bonds. The van der Waals surface area contributed by atoms with Crippen molar-refractivity contribution in [1.29, 1.82) is 0 Å². The van der Waals surface area contributed by atoms with Crippen LogP contribution in [0.2, 0.25) is 0 Å². The predicted molar refractivity (Wildman–Crippen MR) is 106 cm³/mol. The van der Waals surface area contributed by atoms with Crippen molar-refractivity contribution >= 4 is 17.5 Å². The fraction of sp³-hybridized carbons (Fsp3) is 0.263. The maximum absolute atomic E-state index is 13.1. The average molecular weight is 437 g/mol. The molecular formula is C19H18F3N5O2S. The van der Waals surface area contributed by atoms with Gasteiger partial charge in [0.2, 0.25) is 5.16 Å². The number of nitrogens with zero attached hydrogens (tertiary/aromatic N) is 4. The van der Waals surface area contributed by atoms with Crippen molar-refractivity contribution in [1.82, 2.24) is 19.4 Å². The third-order valence-corrected chi connectivity index (χ3v) is 5.46. The Balaban J connectivity index is 1.88. The van der Waals surface area contributed by atoms with Crippen LogP contribution in [0.3, 0.4) is 0 Å². The number of alkyl halides is 3. The van der Waals surface area contributed by atoms with Gasteiger partial charge < -0.3 is 10.4 Å². The molecule has 0 saturated heterocycles. The van der Waals surface area contributed by atoms with Gasteiger partial charge in [-0.1, -0.05) is 17.8 Å². The maximum Gasteiger partial charge on any atom is 0.416 e. The van der Waals surface area contributed by atoms with Gasteiger partial charge in [0.15, 0.2) is 5.78 Å². The first-order valence-corrected chi connectivity index (χ1v) is 9.73. The monoisotopic (exact) mass is 437 g/mol. The van der Waals surface area contributed by atoms with E-state index in [1.54, 1.807) is 30.5 Å². The Morgan fingerprint density at radius 1 is 1.17 bits per heavy atom. The summed E-state index contributed by atoms with van der Waals surface area (Å²) in [5, 5.41) is 7.61. The summed E-state index contributed by atoms with van der Waals surface area (Å²) in [5.41, 5.74) is 0.661. The Hall–Kier alpha value is -3.08. The molecule has 158 valence electrons. The molecule has 2 N–H and O–H groups in total. The average Bonchev–Trinajstić information content (AvgIpc) is 2.99. The van der Waals surface area contributed by atoms with Crippen molar-refractivity contribution in [2.75, 3.05) is 11.6 Å². The van der Waals surface area contributed by atoms with E-state index in [0.717, 1.165) is 28.6 Å². The summed E-state index contributed by atoms with van der Waals surface area (Å²) < 4.78 is 41.6. The minimum Gasteiger partial charge on any atom is -0.334 e. The number of aromatic nitrogens is 4.